The first-order valence-electron chi connectivity index (χ1n) is 8.67. The Hall–Kier alpha value is -2.11. The molecule has 2 atom stereocenters. The van der Waals surface area contributed by atoms with Gasteiger partial charge >= 0.3 is 0 Å². The van der Waals surface area contributed by atoms with Crippen molar-refractivity contribution in [3.8, 4) is 5.75 Å². The fourth-order valence-electron chi connectivity index (χ4n) is 3.50. The minimum atomic E-state index is -0.319. The molecule has 1 saturated carbocycles. The monoisotopic (exact) mass is 375 g/mol. The van der Waals surface area contributed by atoms with Gasteiger partial charge in [-0.2, -0.15) is 0 Å². The fourth-order valence-corrected chi connectivity index (χ4v) is 3.77. The number of hydrogen-bond donors (Lipinski definition) is 1. The van der Waals surface area contributed by atoms with Crippen molar-refractivity contribution >= 4 is 17.5 Å². The van der Waals surface area contributed by atoms with Crippen LogP contribution < -0.4 is 10.1 Å². The molecule has 2 aliphatic rings. The Morgan fingerprint density at radius 3 is 3.00 bits per heavy atom. The number of fused-ring (bicyclic) bond motifs is 1. The number of rotatable bonds is 5. The van der Waals surface area contributed by atoms with E-state index in [1.54, 1.807) is 0 Å². The third kappa shape index (κ3) is 3.55. The van der Waals surface area contributed by atoms with Crippen molar-refractivity contribution in [1.82, 2.24) is 5.32 Å². The van der Waals surface area contributed by atoms with Gasteiger partial charge in [0.15, 0.2) is 6.79 Å². The summed E-state index contributed by atoms with van der Waals surface area (Å²) in [5.74, 6) is 0.518. The average Bonchev–Trinajstić information content (AvgIpc) is 3.42. The third-order valence-electron chi connectivity index (χ3n) is 4.88. The van der Waals surface area contributed by atoms with Gasteiger partial charge in [-0.3, -0.25) is 4.79 Å². The smallest absolute Gasteiger partial charge is 0.223 e. The molecule has 0 radical (unpaired) electrons. The SMILES string of the molecule is O=C(NCCc1cc(F)cc2c1OCOC2)C1CC1c1ccccc1Cl. The van der Waals surface area contributed by atoms with E-state index >= 15 is 0 Å². The van der Waals surface area contributed by atoms with E-state index in [4.69, 9.17) is 21.1 Å². The van der Waals surface area contributed by atoms with Crippen LogP contribution in [0, 0.1) is 11.7 Å². The van der Waals surface area contributed by atoms with Gasteiger partial charge in [-0.25, -0.2) is 4.39 Å². The van der Waals surface area contributed by atoms with Crippen molar-refractivity contribution < 1.29 is 18.7 Å². The highest BCUT2D eigenvalue weighted by Crippen LogP contribution is 2.49. The maximum Gasteiger partial charge on any atom is 0.223 e. The molecule has 1 amide bonds. The van der Waals surface area contributed by atoms with Gasteiger partial charge in [-0.15, -0.1) is 0 Å². The molecule has 1 fully saturated rings. The molecule has 0 spiro atoms. The molecule has 6 heteroatoms. The topological polar surface area (TPSA) is 47.6 Å². The van der Waals surface area contributed by atoms with Crippen molar-refractivity contribution in [3.63, 3.8) is 0 Å². The maximum absolute atomic E-state index is 13.7. The van der Waals surface area contributed by atoms with E-state index in [0.717, 1.165) is 17.5 Å². The maximum atomic E-state index is 13.7. The highest BCUT2D eigenvalue weighted by molar-refractivity contribution is 6.31. The molecule has 1 aliphatic heterocycles. The number of carbonyl (C=O) groups is 1. The summed E-state index contributed by atoms with van der Waals surface area (Å²) in [4.78, 5) is 12.4. The van der Waals surface area contributed by atoms with Crippen molar-refractivity contribution in [2.45, 2.75) is 25.4 Å². The van der Waals surface area contributed by atoms with Crippen LogP contribution >= 0.6 is 11.6 Å². The number of carbonyl (C=O) groups excluding carboxylic acids is 1. The second kappa shape index (κ2) is 7.25. The molecule has 26 heavy (non-hydrogen) atoms. The number of halogens is 2. The Bertz CT molecular complexity index is 842. The first-order chi connectivity index (χ1) is 12.6. The zero-order valence-corrected chi connectivity index (χ0v) is 14.9. The molecular weight excluding hydrogens is 357 g/mol. The molecule has 4 rings (SSSR count). The summed E-state index contributed by atoms with van der Waals surface area (Å²) in [6.07, 6.45) is 1.32. The van der Waals surface area contributed by atoms with E-state index < -0.39 is 0 Å². The van der Waals surface area contributed by atoms with E-state index in [1.165, 1.54) is 12.1 Å². The van der Waals surface area contributed by atoms with Crippen LogP contribution in [0.15, 0.2) is 36.4 Å². The zero-order valence-electron chi connectivity index (χ0n) is 14.1. The Labute approximate surface area is 156 Å². The summed E-state index contributed by atoms with van der Waals surface area (Å²) in [7, 11) is 0. The Morgan fingerprint density at radius 2 is 2.15 bits per heavy atom. The van der Waals surface area contributed by atoms with Gasteiger partial charge in [-0.05, 0) is 48.1 Å². The summed E-state index contributed by atoms with van der Waals surface area (Å²) in [6, 6.07) is 10.5. The van der Waals surface area contributed by atoms with Gasteiger partial charge in [0.1, 0.15) is 11.6 Å². The highest BCUT2D eigenvalue weighted by Gasteiger charge is 2.44. The van der Waals surface area contributed by atoms with Crippen LogP contribution in [0.2, 0.25) is 5.02 Å². The number of benzene rings is 2. The molecule has 0 saturated heterocycles. The molecule has 4 nitrogen and oxygen atoms in total. The molecule has 0 aromatic heterocycles. The molecule has 1 aliphatic carbocycles. The molecule has 2 aromatic rings. The molecule has 136 valence electrons. The number of amides is 1. The van der Waals surface area contributed by atoms with Crippen LogP contribution in [-0.4, -0.2) is 19.2 Å². The summed E-state index contributed by atoms with van der Waals surface area (Å²) < 4.78 is 24.4. The fraction of sp³-hybridized carbons (Fsp3) is 0.350. The normalized spacial score (nSPS) is 20.8. The van der Waals surface area contributed by atoms with Crippen molar-refractivity contribution in [2.24, 2.45) is 5.92 Å². The summed E-state index contributed by atoms with van der Waals surface area (Å²) in [5, 5.41) is 3.65. The van der Waals surface area contributed by atoms with Crippen LogP contribution in [-0.2, 0) is 22.6 Å². The lowest BCUT2D eigenvalue weighted by Gasteiger charge is -2.21. The Balaban J connectivity index is 1.34. The van der Waals surface area contributed by atoms with E-state index in [0.29, 0.717) is 35.9 Å². The predicted octanol–water partition coefficient (Wildman–Crippen LogP) is 3.81. The summed E-state index contributed by atoms with van der Waals surface area (Å²) in [5.41, 5.74) is 2.49. The quantitative estimate of drug-likeness (QED) is 0.864. The van der Waals surface area contributed by atoms with Gasteiger partial charge in [-0.1, -0.05) is 29.8 Å². The minimum absolute atomic E-state index is 0.0180. The zero-order chi connectivity index (χ0) is 18.1. The minimum Gasteiger partial charge on any atom is -0.467 e. The average molecular weight is 376 g/mol. The molecule has 2 aromatic carbocycles. The molecule has 1 heterocycles. The van der Waals surface area contributed by atoms with Gasteiger partial charge in [0, 0.05) is 23.0 Å². The number of nitrogens with one attached hydrogen (secondary N) is 1. The van der Waals surface area contributed by atoms with Crippen LogP contribution in [0.1, 0.15) is 29.0 Å². The lowest BCUT2D eigenvalue weighted by atomic mass is 10.1. The standard InChI is InChI=1S/C20H19ClFNO3/c21-18-4-2-1-3-15(18)16-9-17(16)20(24)23-6-5-12-7-14(22)8-13-10-25-11-26-19(12)13/h1-4,7-8,16-17H,5-6,9-11H2,(H,23,24). The van der Waals surface area contributed by atoms with E-state index in [1.807, 2.05) is 24.3 Å². The van der Waals surface area contributed by atoms with Crippen molar-refractivity contribution in [2.75, 3.05) is 13.3 Å². The summed E-state index contributed by atoms with van der Waals surface area (Å²) in [6.45, 7) is 0.943. The second-order valence-corrected chi connectivity index (χ2v) is 7.08. The van der Waals surface area contributed by atoms with Crippen LogP contribution in [0.25, 0.3) is 0 Å². The van der Waals surface area contributed by atoms with Crippen molar-refractivity contribution in [3.05, 3.63) is 63.9 Å². The molecular formula is C20H19ClFNO3. The highest BCUT2D eigenvalue weighted by atomic mass is 35.5. The lowest BCUT2D eigenvalue weighted by molar-refractivity contribution is -0.122. The van der Waals surface area contributed by atoms with E-state index in [-0.39, 0.29) is 30.4 Å². The van der Waals surface area contributed by atoms with Crippen molar-refractivity contribution in [1.29, 1.82) is 0 Å². The Kier molecular flexibility index (Phi) is 4.83. The Morgan fingerprint density at radius 1 is 1.31 bits per heavy atom. The number of ether oxygens (including phenoxy) is 2. The van der Waals surface area contributed by atoms with Gasteiger partial charge < -0.3 is 14.8 Å². The van der Waals surface area contributed by atoms with Gasteiger partial charge in [0.2, 0.25) is 5.91 Å². The van der Waals surface area contributed by atoms with Gasteiger partial charge in [0.25, 0.3) is 0 Å². The lowest BCUT2D eigenvalue weighted by Crippen LogP contribution is -2.28. The molecule has 2 unspecified atom stereocenters. The number of hydrogen-bond acceptors (Lipinski definition) is 3. The second-order valence-electron chi connectivity index (χ2n) is 6.68. The van der Waals surface area contributed by atoms with E-state index in [9.17, 15) is 9.18 Å². The summed E-state index contributed by atoms with van der Waals surface area (Å²) >= 11 is 6.20. The first kappa shape index (κ1) is 17.3. The third-order valence-corrected chi connectivity index (χ3v) is 5.22. The van der Waals surface area contributed by atoms with Crippen LogP contribution in [0.5, 0.6) is 5.75 Å². The molecule has 1 N–H and O–H groups in total. The van der Waals surface area contributed by atoms with Crippen LogP contribution in [0.4, 0.5) is 4.39 Å². The van der Waals surface area contributed by atoms with Crippen LogP contribution in [0.3, 0.4) is 0 Å². The predicted molar refractivity (Wildman–Crippen MR) is 95.7 cm³/mol. The largest absolute Gasteiger partial charge is 0.467 e. The first-order valence-corrected chi connectivity index (χ1v) is 9.05. The molecule has 0 bridgehead atoms. The van der Waals surface area contributed by atoms with Gasteiger partial charge in [0.05, 0.1) is 6.61 Å². The van der Waals surface area contributed by atoms with E-state index in [2.05, 4.69) is 5.32 Å².